The summed E-state index contributed by atoms with van der Waals surface area (Å²) < 4.78 is 5.50. The number of nitrogens with one attached hydrogen (secondary N) is 1. The van der Waals surface area contributed by atoms with E-state index < -0.39 is 0 Å². The fourth-order valence-corrected chi connectivity index (χ4v) is 3.99. The first-order valence-corrected chi connectivity index (χ1v) is 10.9. The maximum atomic E-state index is 11.8. The number of carbonyl (C=O) groups excluding carboxylic acids is 1. The van der Waals surface area contributed by atoms with E-state index in [0.29, 0.717) is 46.5 Å². The Morgan fingerprint density at radius 2 is 1.91 bits per heavy atom. The van der Waals surface area contributed by atoms with Gasteiger partial charge in [-0.05, 0) is 35.4 Å². The van der Waals surface area contributed by atoms with Gasteiger partial charge in [0.1, 0.15) is 46.6 Å². The Kier molecular flexibility index (Phi) is 7.82. The lowest BCUT2D eigenvalue weighted by atomic mass is 9.97. The lowest BCUT2D eigenvalue weighted by Gasteiger charge is -2.14. The molecule has 1 amide bonds. The van der Waals surface area contributed by atoms with Crippen LogP contribution in [0, 0.1) is 22.7 Å². The van der Waals surface area contributed by atoms with Crippen LogP contribution in [0.1, 0.15) is 27.2 Å². The third-order valence-electron chi connectivity index (χ3n) is 4.60. The highest BCUT2D eigenvalue weighted by atomic mass is 32.2. The van der Waals surface area contributed by atoms with Gasteiger partial charge in [-0.3, -0.25) is 9.78 Å². The molecule has 0 saturated carbocycles. The fourth-order valence-electron chi connectivity index (χ4n) is 3.05. The standard InChI is InChI=1S/C23H21N7O2S/c1-28-22(31)19-10-14(6-8-29-19)13-33-23-18(12-26)20(17(11-25)21(27)30-23)15-2-4-16(5-3-15)32-9-7-24/h2-6,8,10H,7,9,13,24H2,1H3,(H2,27,30)(H,28,31). The average Bonchev–Trinajstić information content (AvgIpc) is 2.85. The fraction of sp³-hybridized carbons (Fsp3) is 0.174. The van der Waals surface area contributed by atoms with Crippen molar-refractivity contribution >= 4 is 23.5 Å². The molecule has 10 heteroatoms. The van der Waals surface area contributed by atoms with Gasteiger partial charge in [-0.2, -0.15) is 10.5 Å². The van der Waals surface area contributed by atoms with Crippen molar-refractivity contribution in [3.63, 3.8) is 0 Å². The van der Waals surface area contributed by atoms with Crippen LogP contribution in [-0.4, -0.2) is 36.1 Å². The second-order valence-electron chi connectivity index (χ2n) is 6.73. The molecule has 0 aliphatic rings. The van der Waals surface area contributed by atoms with Crippen molar-refractivity contribution in [2.75, 3.05) is 25.9 Å². The van der Waals surface area contributed by atoms with Gasteiger partial charge in [0, 0.05) is 31.1 Å². The van der Waals surface area contributed by atoms with Crippen LogP contribution in [0.15, 0.2) is 47.6 Å². The number of carbonyl (C=O) groups is 1. The molecule has 0 unspecified atom stereocenters. The van der Waals surface area contributed by atoms with E-state index in [-0.39, 0.29) is 22.9 Å². The van der Waals surface area contributed by atoms with Gasteiger partial charge in [0.05, 0.1) is 5.56 Å². The number of pyridine rings is 2. The van der Waals surface area contributed by atoms with E-state index in [1.807, 2.05) is 0 Å². The molecule has 0 atom stereocenters. The van der Waals surface area contributed by atoms with E-state index in [9.17, 15) is 15.3 Å². The molecule has 0 saturated heterocycles. The number of benzene rings is 1. The van der Waals surface area contributed by atoms with Gasteiger partial charge in [0.2, 0.25) is 0 Å². The van der Waals surface area contributed by atoms with Crippen LogP contribution >= 0.6 is 11.8 Å². The van der Waals surface area contributed by atoms with Crippen molar-refractivity contribution in [1.29, 1.82) is 10.5 Å². The number of nitriles is 2. The van der Waals surface area contributed by atoms with Crippen molar-refractivity contribution < 1.29 is 9.53 Å². The van der Waals surface area contributed by atoms with Crippen LogP contribution in [0.3, 0.4) is 0 Å². The molecule has 0 aliphatic carbocycles. The topological polar surface area (TPSA) is 164 Å². The second-order valence-corrected chi connectivity index (χ2v) is 7.69. The molecule has 0 aliphatic heterocycles. The van der Waals surface area contributed by atoms with Crippen molar-refractivity contribution in [3.8, 4) is 29.0 Å². The first kappa shape index (κ1) is 23.5. The zero-order valence-corrected chi connectivity index (χ0v) is 18.6. The van der Waals surface area contributed by atoms with Crippen LogP contribution in [0.4, 0.5) is 5.82 Å². The Morgan fingerprint density at radius 3 is 2.55 bits per heavy atom. The highest BCUT2D eigenvalue weighted by Gasteiger charge is 2.21. The lowest BCUT2D eigenvalue weighted by Crippen LogP contribution is -2.19. The minimum Gasteiger partial charge on any atom is -0.492 e. The molecule has 2 aromatic heterocycles. The molecule has 0 bridgehead atoms. The van der Waals surface area contributed by atoms with E-state index in [1.165, 1.54) is 18.8 Å². The van der Waals surface area contributed by atoms with Crippen LogP contribution in [0.25, 0.3) is 11.1 Å². The highest BCUT2D eigenvalue weighted by molar-refractivity contribution is 7.98. The summed E-state index contributed by atoms with van der Waals surface area (Å²) in [6.45, 7) is 0.772. The highest BCUT2D eigenvalue weighted by Crippen LogP contribution is 2.37. The summed E-state index contributed by atoms with van der Waals surface area (Å²) in [7, 11) is 1.53. The van der Waals surface area contributed by atoms with E-state index in [1.54, 1.807) is 42.6 Å². The SMILES string of the molecule is CNC(=O)c1cc(CSc2nc(N)c(C#N)c(-c3ccc(OCCN)cc3)c2C#N)ccn1. The Morgan fingerprint density at radius 1 is 1.18 bits per heavy atom. The predicted molar refractivity (Wildman–Crippen MR) is 125 cm³/mol. The average molecular weight is 460 g/mol. The molecule has 1 aromatic carbocycles. The number of rotatable bonds is 8. The quantitative estimate of drug-likeness (QED) is 0.429. The van der Waals surface area contributed by atoms with Crippen LogP contribution in [0.2, 0.25) is 0 Å². The Hall–Kier alpha value is -4.12. The van der Waals surface area contributed by atoms with E-state index >= 15 is 0 Å². The third kappa shape index (κ3) is 5.39. The second kappa shape index (κ2) is 11.0. The molecule has 166 valence electrons. The van der Waals surface area contributed by atoms with Crippen LogP contribution in [-0.2, 0) is 5.75 Å². The van der Waals surface area contributed by atoms with Crippen molar-refractivity contribution in [1.82, 2.24) is 15.3 Å². The largest absolute Gasteiger partial charge is 0.492 e. The van der Waals surface area contributed by atoms with Crippen LogP contribution in [0.5, 0.6) is 5.75 Å². The molecule has 33 heavy (non-hydrogen) atoms. The Balaban J connectivity index is 1.98. The Bertz CT molecular complexity index is 1250. The van der Waals surface area contributed by atoms with Crippen LogP contribution < -0.4 is 21.5 Å². The van der Waals surface area contributed by atoms with Crippen molar-refractivity contribution in [2.24, 2.45) is 5.73 Å². The summed E-state index contributed by atoms with van der Waals surface area (Å²) in [6.07, 6.45) is 1.55. The summed E-state index contributed by atoms with van der Waals surface area (Å²) in [4.78, 5) is 20.2. The molecular weight excluding hydrogens is 438 g/mol. The number of nitrogens with two attached hydrogens (primary N) is 2. The molecule has 9 nitrogen and oxygen atoms in total. The van der Waals surface area contributed by atoms with Gasteiger partial charge in [-0.1, -0.05) is 12.1 Å². The molecule has 0 radical (unpaired) electrons. The minimum atomic E-state index is -0.290. The molecule has 5 N–H and O–H groups in total. The number of amides is 1. The molecule has 3 rings (SSSR count). The summed E-state index contributed by atoms with van der Waals surface area (Å²) >= 11 is 1.29. The Labute approximate surface area is 195 Å². The number of hydrogen-bond acceptors (Lipinski definition) is 9. The van der Waals surface area contributed by atoms with Gasteiger partial charge < -0.3 is 21.5 Å². The smallest absolute Gasteiger partial charge is 0.269 e. The number of thioether (sulfide) groups is 1. The molecule has 2 heterocycles. The number of anilines is 1. The number of ether oxygens (including phenoxy) is 1. The van der Waals surface area contributed by atoms with Gasteiger partial charge in [-0.15, -0.1) is 11.8 Å². The molecule has 0 spiro atoms. The zero-order chi connectivity index (χ0) is 23.8. The number of aromatic nitrogens is 2. The summed E-state index contributed by atoms with van der Waals surface area (Å²) in [6, 6.07) is 14.7. The number of nitrogen functional groups attached to an aromatic ring is 1. The van der Waals surface area contributed by atoms with Gasteiger partial charge in [-0.25, -0.2) is 4.98 Å². The number of hydrogen-bond donors (Lipinski definition) is 3. The van der Waals surface area contributed by atoms with Crippen molar-refractivity contribution in [2.45, 2.75) is 10.8 Å². The summed E-state index contributed by atoms with van der Waals surface area (Å²) in [5.74, 6) is 0.798. The summed E-state index contributed by atoms with van der Waals surface area (Å²) in [5.41, 5.74) is 14.1. The zero-order valence-electron chi connectivity index (χ0n) is 17.8. The minimum absolute atomic E-state index is 0.0400. The molecule has 0 fully saturated rings. The van der Waals surface area contributed by atoms with Gasteiger partial charge >= 0.3 is 0 Å². The van der Waals surface area contributed by atoms with E-state index in [2.05, 4.69) is 27.4 Å². The predicted octanol–water partition coefficient (Wildman–Crippen LogP) is 2.46. The maximum Gasteiger partial charge on any atom is 0.269 e. The normalized spacial score (nSPS) is 10.2. The third-order valence-corrected chi connectivity index (χ3v) is 5.65. The first-order valence-electron chi connectivity index (χ1n) is 9.89. The number of nitrogens with zero attached hydrogens (tertiary/aromatic N) is 4. The monoisotopic (exact) mass is 459 g/mol. The first-order chi connectivity index (χ1) is 16.0. The lowest BCUT2D eigenvalue weighted by molar-refractivity contribution is 0.0958. The molecule has 3 aromatic rings. The maximum absolute atomic E-state index is 11.8. The molecular formula is C23H21N7O2S. The van der Waals surface area contributed by atoms with Gasteiger partial charge in [0.15, 0.2) is 0 Å². The summed E-state index contributed by atoms with van der Waals surface area (Å²) in [5, 5.41) is 22.5. The van der Waals surface area contributed by atoms with Gasteiger partial charge in [0.25, 0.3) is 5.91 Å². The van der Waals surface area contributed by atoms with Crippen molar-refractivity contribution in [3.05, 3.63) is 65.0 Å². The van der Waals surface area contributed by atoms with E-state index in [4.69, 9.17) is 16.2 Å². The van der Waals surface area contributed by atoms with E-state index in [0.717, 1.165) is 5.56 Å².